The first-order chi connectivity index (χ1) is 8.99. The van der Waals surface area contributed by atoms with Crippen molar-refractivity contribution in [2.24, 2.45) is 5.41 Å². The second kappa shape index (κ2) is 6.55. The molecule has 0 radical (unpaired) electrons. The Hall–Kier alpha value is -0.120. The van der Waals surface area contributed by atoms with Gasteiger partial charge in [-0.15, -0.1) is 0 Å². The topological polar surface area (TPSA) is 24.5 Å². The second-order valence-corrected chi connectivity index (χ2v) is 7.19. The van der Waals surface area contributed by atoms with E-state index in [-0.39, 0.29) is 0 Å². The van der Waals surface area contributed by atoms with E-state index in [0.717, 1.165) is 13.1 Å². The van der Waals surface area contributed by atoms with E-state index in [1.165, 1.54) is 38.8 Å². The number of morpholine rings is 1. The van der Waals surface area contributed by atoms with E-state index >= 15 is 0 Å². The van der Waals surface area contributed by atoms with Gasteiger partial charge in [0.2, 0.25) is 0 Å². The predicted molar refractivity (Wildman–Crippen MR) is 80.5 cm³/mol. The van der Waals surface area contributed by atoms with Crippen LogP contribution in [0.25, 0.3) is 0 Å². The van der Waals surface area contributed by atoms with Crippen molar-refractivity contribution in [3.8, 4) is 0 Å². The Morgan fingerprint density at radius 2 is 1.74 bits per heavy atom. The summed E-state index contributed by atoms with van der Waals surface area (Å²) in [7, 11) is 0. The van der Waals surface area contributed by atoms with Crippen molar-refractivity contribution < 1.29 is 4.74 Å². The molecule has 2 aliphatic rings. The van der Waals surface area contributed by atoms with Crippen LogP contribution in [0.3, 0.4) is 0 Å². The third-order valence-electron chi connectivity index (χ3n) is 4.60. The van der Waals surface area contributed by atoms with Crippen LogP contribution in [0.15, 0.2) is 0 Å². The Kier molecular flexibility index (Phi) is 5.27. The van der Waals surface area contributed by atoms with Gasteiger partial charge in [0.15, 0.2) is 0 Å². The summed E-state index contributed by atoms with van der Waals surface area (Å²) >= 11 is 0. The van der Waals surface area contributed by atoms with Crippen LogP contribution in [0.1, 0.15) is 53.4 Å². The van der Waals surface area contributed by atoms with Crippen LogP contribution in [0.2, 0.25) is 0 Å². The largest absolute Gasteiger partial charge is 0.373 e. The lowest BCUT2D eigenvalue weighted by atomic mass is 9.84. The number of nitrogens with one attached hydrogen (secondary N) is 1. The summed E-state index contributed by atoms with van der Waals surface area (Å²) in [4.78, 5) is 2.64. The maximum Gasteiger partial charge on any atom is 0.0678 e. The minimum atomic E-state index is 0.389. The molecule has 1 saturated carbocycles. The molecule has 3 nitrogen and oxygen atoms in total. The molecule has 2 atom stereocenters. The minimum Gasteiger partial charge on any atom is -0.373 e. The third-order valence-corrected chi connectivity index (χ3v) is 4.60. The lowest BCUT2D eigenvalue weighted by molar-refractivity contribution is -0.0774. The molecule has 19 heavy (non-hydrogen) atoms. The van der Waals surface area contributed by atoms with Gasteiger partial charge in [0.25, 0.3) is 0 Å². The van der Waals surface area contributed by atoms with Crippen LogP contribution < -0.4 is 5.32 Å². The Balaban J connectivity index is 1.92. The number of hydrogen-bond donors (Lipinski definition) is 1. The molecule has 112 valence electrons. The molecule has 2 fully saturated rings. The number of ether oxygens (including phenoxy) is 1. The molecule has 0 aromatic heterocycles. The Bertz CT molecular complexity index is 264. The highest BCUT2D eigenvalue weighted by Gasteiger charge is 2.37. The fraction of sp³-hybridized carbons (Fsp3) is 1.00. The van der Waals surface area contributed by atoms with E-state index < -0.39 is 0 Å². The van der Waals surface area contributed by atoms with Crippen molar-refractivity contribution in [1.29, 1.82) is 0 Å². The number of rotatable bonds is 5. The third kappa shape index (κ3) is 4.44. The fourth-order valence-corrected chi connectivity index (χ4v) is 3.82. The zero-order chi connectivity index (χ0) is 13.9. The molecule has 1 saturated heterocycles. The van der Waals surface area contributed by atoms with E-state index in [1.54, 1.807) is 0 Å². The van der Waals surface area contributed by atoms with Crippen LogP contribution >= 0.6 is 0 Å². The van der Waals surface area contributed by atoms with E-state index in [9.17, 15) is 0 Å². The summed E-state index contributed by atoms with van der Waals surface area (Å²) in [6.45, 7) is 13.6. The fourth-order valence-electron chi connectivity index (χ4n) is 3.82. The molecule has 0 bridgehead atoms. The average molecular weight is 268 g/mol. The van der Waals surface area contributed by atoms with Crippen molar-refractivity contribution in [3.63, 3.8) is 0 Å². The molecule has 1 aliphatic heterocycles. The van der Waals surface area contributed by atoms with Gasteiger partial charge in [-0.05, 0) is 32.1 Å². The summed E-state index contributed by atoms with van der Waals surface area (Å²) < 4.78 is 5.85. The minimum absolute atomic E-state index is 0.389. The van der Waals surface area contributed by atoms with Crippen LogP contribution in [0, 0.1) is 5.41 Å². The summed E-state index contributed by atoms with van der Waals surface area (Å²) in [5.74, 6) is 0. The van der Waals surface area contributed by atoms with Crippen LogP contribution in [-0.4, -0.2) is 49.3 Å². The summed E-state index contributed by atoms with van der Waals surface area (Å²) in [6.07, 6.45) is 6.39. The summed E-state index contributed by atoms with van der Waals surface area (Å²) in [5, 5.41) is 3.68. The van der Waals surface area contributed by atoms with Crippen molar-refractivity contribution in [3.05, 3.63) is 0 Å². The predicted octanol–water partition coefficient (Wildman–Crippen LogP) is 2.65. The Labute approximate surface area is 119 Å². The van der Waals surface area contributed by atoms with Crippen molar-refractivity contribution in [2.75, 3.05) is 26.2 Å². The molecule has 2 unspecified atom stereocenters. The van der Waals surface area contributed by atoms with Crippen LogP contribution in [0.4, 0.5) is 0 Å². The highest BCUT2D eigenvalue weighted by Crippen LogP contribution is 2.38. The lowest BCUT2D eigenvalue weighted by Crippen LogP contribution is -2.51. The SMILES string of the molecule is CC(C)NCC1(CN2CC(C)OC(C)C2)CCCC1. The van der Waals surface area contributed by atoms with Crippen molar-refractivity contribution in [1.82, 2.24) is 10.2 Å². The quantitative estimate of drug-likeness (QED) is 0.829. The molecule has 0 spiro atoms. The maximum absolute atomic E-state index is 5.85. The lowest BCUT2D eigenvalue weighted by Gasteiger charge is -2.41. The molecule has 1 heterocycles. The first kappa shape index (κ1) is 15.3. The molecule has 0 aromatic rings. The maximum atomic E-state index is 5.85. The van der Waals surface area contributed by atoms with Gasteiger partial charge in [0.1, 0.15) is 0 Å². The molecule has 1 aliphatic carbocycles. The molecular formula is C16H32N2O. The summed E-state index contributed by atoms with van der Waals surface area (Å²) in [5.41, 5.74) is 0.515. The molecule has 3 heteroatoms. The molecule has 1 N–H and O–H groups in total. The van der Waals surface area contributed by atoms with Gasteiger partial charge in [0.05, 0.1) is 12.2 Å². The second-order valence-electron chi connectivity index (χ2n) is 7.19. The van der Waals surface area contributed by atoms with Gasteiger partial charge in [-0.1, -0.05) is 26.7 Å². The van der Waals surface area contributed by atoms with Gasteiger partial charge in [-0.25, -0.2) is 0 Å². The Morgan fingerprint density at radius 1 is 1.16 bits per heavy atom. The van der Waals surface area contributed by atoms with Gasteiger partial charge in [-0.3, -0.25) is 4.90 Å². The highest BCUT2D eigenvalue weighted by molar-refractivity contribution is 4.91. The zero-order valence-electron chi connectivity index (χ0n) is 13.2. The molecule has 2 rings (SSSR count). The monoisotopic (exact) mass is 268 g/mol. The van der Waals surface area contributed by atoms with E-state index in [2.05, 4.69) is 37.9 Å². The van der Waals surface area contributed by atoms with E-state index in [1.807, 2.05) is 0 Å². The van der Waals surface area contributed by atoms with Gasteiger partial charge >= 0.3 is 0 Å². The summed E-state index contributed by atoms with van der Waals surface area (Å²) in [6, 6.07) is 0.597. The van der Waals surface area contributed by atoms with Gasteiger partial charge < -0.3 is 10.1 Å². The van der Waals surface area contributed by atoms with Crippen molar-refractivity contribution >= 4 is 0 Å². The molecular weight excluding hydrogens is 236 g/mol. The average Bonchev–Trinajstić information content (AvgIpc) is 2.74. The number of nitrogens with zero attached hydrogens (tertiary/aromatic N) is 1. The van der Waals surface area contributed by atoms with E-state index in [0.29, 0.717) is 23.7 Å². The molecule has 0 amide bonds. The van der Waals surface area contributed by atoms with Crippen molar-refractivity contribution in [2.45, 2.75) is 71.6 Å². The standard InChI is InChI=1S/C16H32N2O/c1-13(2)17-11-16(7-5-6-8-16)12-18-9-14(3)19-15(4)10-18/h13-15,17H,5-12H2,1-4H3. The smallest absolute Gasteiger partial charge is 0.0678 e. The number of hydrogen-bond acceptors (Lipinski definition) is 3. The van der Waals surface area contributed by atoms with E-state index in [4.69, 9.17) is 4.74 Å². The molecule has 0 aromatic carbocycles. The zero-order valence-corrected chi connectivity index (χ0v) is 13.2. The van der Waals surface area contributed by atoms with Gasteiger partial charge in [-0.2, -0.15) is 0 Å². The first-order valence-electron chi connectivity index (χ1n) is 8.10. The normalized spacial score (nSPS) is 32.1. The van der Waals surface area contributed by atoms with Crippen LogP contribution in [-0.2, 0) is 4.74 Å². The highest BCUT2D eigenvalue weighted by atomic mass is 16.5. The first-order valence-corrected chi connectivity index (χ1v) is 8.10. The van der Waals surface area contributed by atoms with Gasteiger partial charge in [0, 0.05) is 32.2 Å². The van der Waals surface area contributed by atoms with Crippen LogP contribution in [0.5, 0.6) is 0 Å². The Morgan fingerprint density at radius 3 is 2.26 bits per heavy atom.